The zero-order valence-corrected chi connectivity index (χ0v) is 16.4. The molecule has 8 heteroatoms. The van der Waals surface area contributed by atoms with E-state index in [2.05, 4.69) is 14.3 Å². The van der Waals surface area contributed by atoms with Crippen LogP contribution in [0.2, 0.25) is 0 Å². The molecule has 3 heterocycles. The monoisotopic (exact) mass is 388 g/mol. The fourth-order valence-corrected chi connectivity index (χ4v) is 5.34. The number of benzene rings is 1. The Hall–Kier alpha value is -2.19. The number of nitrogens with zero attached hydrogens (tertiary/aromatic N) is 3. The standard InChI is InChI=1S/C19H24N4O3S/c1-13-9-16-10-17(4-5-18(16)23(13)14(2)24)27(25,26)21-11-15-3-6-19-20-7-8-22(19)12-15/h4-5,7-8,10,13,15,21H,3,6,9,11-12H2,1-2H3/t13-,15-/m0/s1. The molecule has 0 bridgehead atoms. The summed E-state index contributed by atoms with van der Waals surface area (Å²) < 4.78 is 30.4. The van der Waals surface area contributed by atoms with Gasteiger partial charge in [-0.15, -0.1) is 0 Å². The third-order valence-electron chi connectivity index (χ3n) is 5.51. The highest BCUT2D eigenvalue weighted by atomic mass is 32.2. The number of carbonyl (C=O) groups excluding carboxylic acids is 1. The summed E-state index contributed by atoms with van der Waals surface area (Å²) in [7, 11) is -3.58. The molecular weight excluding hydrogens is 364 g/mol. The van der Waals surface area contributed by atoms with Crippen molar-refractivity contribution in [2.24, 2.45) is 5.92 Å². The summed E-state index contributed by atoms with van der Waals surface area (Å²) in [5, 5.41) is 0. The highest BCUT2D eigenvalue weighted by molar-refractivity contribution is 7.89. The van der Waals surface area contributed by atoms with Crippen LogP contribution in [0.4, 0.5) is 5.69 Å². The Morgan fingerprint density at radius 1 is 1.37 bits per heavy atom. The maximum absolute atomic E-state index is 12.8. The van der Waals surface area contributed by atoms with Gasteiger partial charge in [0, 0.05) is 50.6 Å². The van der Waals surface area contributed by atoms with Crippen LogP contribution < -0.4 is 9.62 Å². The molecule has 0 radical (unpaired) electrons. The summed E-state index contributed by atoms with van der Waals surface area (Å²) in [5.74, 6) is 1.30. The number of amides is 1. The molecule has 144 valence electrons. The summed E-state index contributed by atoms with van der Waals surface area (Å²) in [6.45, 7) is 4.70. The number of aryl methyl sites for hydroxylation is 1. The predicted octanol–water partition coefficient (Wildman–Crippen LogP) is 1.72. The number of sulfonamides is 1. The van der Waals surface area contributed by atoms with Crippen molar-refractivity contribution < 1.29 is 13.2 Å². The van der Waals surface area contributed by atoms with E-state index in [0.717, 1.165) is 36.5 Å². The topological polar surface area (TPSA) is 84.3 Å². The van der Waals surface area contributed by atoms with E-state index in [9.17, 15) is 13.2 Å². The third kappa shape index (κ3) is 3.39. The molecule has 1 N–H and O–H groups in total. The quantitative estimate of drug-likeness (QED) is 0.864. The Kier molecular flexibility index (Phi) is 4.55. The highest BCUT2D eigenvalue weighted by Gasteiger charge is 2.30. The average Bonchev–Trinajstić information content (AvgIpc) is 3.21. The first kappa shape index (κ1) is 18.2. The van der Waals surface area contributed by atoms with Gasteiger partial charge in [-0.3, -0.25) is 4.79 Å². The maximum Gasteiger partial charge on any atom is 0.240 e. The number of hydrogen-bond donors (Lipinski definition) is 1. The molecule has 0 saturated heterocycles. The number of anilines is 1. The summed E-state index contributed by atoms with van der Waals surface area (Å²) in [6, 6.07) is 5.08. The molecule has 2 atom stereocenters. The smallest absolute Gasteiger partial charge is 0.240 e. The third-order valence-corrected chi connectivity index (χ3v) is 6.93. The average molecular weight is 388 g/mol. The van der Waals surface area contributed by atoms with Crippen LogP contribution in [0, 0.1) is 5.92 Å². The van der Waals surface area contributed by atoms with Gasteiger partial charge in [-0.2, -0.15) is 0 Å². The summed E-state index contributed by atoms with van der Waals surface area (Å²) in [4.78, 5) is 18.1. The number of fused-ring (bicyclic) bond motifs is 2. The van der Waals surface area contributed by atoms with E-state index in [0.29, 0.717) is 13.0 Å². The summed E-state index contributed by atoms with van der Waals surface area (Å²) in [6.07, 6.45) is 6.20. The normalized spacial score (nSPS) is 21.8. The zero-order valence-electron chi connectivity index (χ0n) is 15.6. The molecule has 2 aliphatic rings. The molecule has 27 heavy (non-hydrogen) atoms. The van der Waals surface area contributed by atoms with Gasteiger partial charge < -0.3 is 9.47 Å². The predicted molar refractivity (Wildman–Crippen MR) is 102 cm³/mol. The molecule has 0 aliphatic carbocycles. The fraction of sp³-hybridized carbons (Fsp3) is 0.474. The molecule has 2 aliphatic heterocycles. The van der Waals surface area contributed by atoms with Crippen LogP contribution in [0.15, 0.2) is 35.5 Å². The second kappa shape index (κ2) is 6.76. The van der Waals surface area contributed by atoms with Gasteiger partial charge in [0.05, 0.1) is 4.90 Å². The van der Waals surface area contributed by atoms with E-state index in [1.54, 1.807) is 29.3 Å². The van der Waals surface area contributed by atoms with Crippen molar-refractivity contribution in [2.45, 2.75) is 50.6 Å². The summed E-state index contributed by atoms with van der Waals surface area (Å²) in [5.41, 5.74) is 1.72. The van der Waals surface area contributed by atoms with E-state index in [1.165, 1.54) is 6.92 Å². The number of nitrogens with one attached hydrogen (secondary N) is 1. The van der Waals surface area contributed by atoms with E-state index in [-0.39, 0.29) is 22.8 Å². The van der Waals surface area contributed by atoms with E-state index < -0.39 is 10.0 Å². The first-order valence-corrected chi connectivity index (χ1v) is 10.8. The summed E-state index contributed by atoms with van der Waals surface area (Å²) >= 11 is 0. The van der Waals surface area contributed by atoms with Crippen molar-refractivity contribution in [3.05, 3.63) is 42.0 Å². The molecular formula is C19H24N4O3S. The first-order valence-electron chi connectivity index (χ1n) is 9.27. The van der Waals surface area contributed by atoms with Crippen molar-refractivity contribution in [3.63, 3.8) is 0 Å². The van der Waals surface area contributed by atoms with Crippen LogP contribution in [0.25, 0.3) is 0 Å². The largest absolute Gasteiger partial charge is 0.335 e. The van der Waals surface area contributed by atoms with E-state index >= 15 is 0 Å². The van der Waals surface area contributed by atoms with Crippen molar-refractivity contribution in [3.8, 4) is 0 Å². The van der Waals surface area contributed by atoms with Gasteiger partial charge in [0.1, 0.15) is 5.82 Å². The second-order valence-corrected chi connectivity index (χ2v) is 9.25. The molecule has 7 nitrogen and oxygen atoms in total. The molecule has 0 spiro atoms. The Morgan fingerprint density at radius 2 is 2.19 bits per heavy atom. The molecule has 4 rings (SSSR count). The lowest BCUT2D eigenvalue weighted by Crippen LogP contribution is -2.34. The van der Waals surface area contributed by atoms with E-state index in [4.69, 9.17) is 0 Å². The van der Waals surface area contributed by atoms with Gasteiger partial charge in [0.2, 0.25) is 15.9 Å². The van der Waals surface area contributed by atoms with Crippen molar-refractivity contribution >= 4 is 21.6 Å². The molecule has 0 fully saturated rings. The minimum Gasteiger partial charge on any atom is -0.335 e. The number of imidazole rings is 1. The Labute approximate surface area is 159 Å². The molecule has 1 amide bonds. The molecule has 0 saturated carbocycles. The molecule has 1 aromatic heterocycles. The number of carbonyl (C=O) groups is 1. The van der Waals surface area contributed by atoms with Crippen LogP contribution in [-0.4, -0.2) is 36.5 Å². The SMILES string of the molecule is CC(=O)N1c2ccc(S(=O)(=O)NC[C@@H]3CCc4nccn4C3)cc2C[C@@H]1C. The molecule has 2 aromatic rings. The number of rotatable bonds is 4. The van der Waals surface area contributed by atoms with Gasteiger partial charge in [-0.05, 0) is 49.4 Å². The van der Waals surface area contributed by atoms with Gasteiger partial charge in [-0.25, -0.2) is 18.1 Å². The van der Waals surface area contributed by atoms with Gasteiger partial charge in [-0.1, -0.05) is 0 Å². The first-order chi connectivity index (χ1) is 12.8. The minimum atomic E-state index is -3.58. The lowest BCUT2D eigenvalue weighted by Gasteiger charge is -2.24. The van der Waals surface area contributed by atoms with Crippen molar-refractivity contribution in [2.75, 3.05) is 11.4 Å². The Balaban J connectivity index is 1.47. The lowest BCUT2D eigenvalue weighted by atomic mass is 10.00. The van der Waals surface area contributed by atoms with E-state index in [1.807, 2.05) is 13.1 Å². The Morgan fingerprint density at radius 3 is 2.96 bits per heavy atom. The van der Waals surface area contributed by atoms with Gasteiger partial charge in [0.15, 0.2) is 0 Å². The number of aromatic nitrogens is 2. The van der Waals surface area contributed by atoms with Gasteiger partial charge in [0.25, 0.3) is 0 Å². The van der Waals surface area contributed by atoms with Crippen molar-refractivity contribution in [1.29, 1.82) is 0 Å². The zero-order chi connectivity index (χ0) is 19.2. The Bertz CT molecular complexity index is 983. The second-order valence-electron chi connectivity index (χ2n) is 7.49. The lowest BCUT2D eigenvalue weighted by molar-refractivity contribution is -0.116. The van der Waals surface area contributed by atoms with Gasteiger partial charge >= 0.3 is 0 Å². The molecule has 1 aromatic carbocycles. The van der Waals surface area contributed by atoms with Crippen LogP contribution in [-0.2, 0) is 34.2 Å². The van der Waals surface area contributed by atoms with Crippen LogP contribution in [0.5, 0.6) is 0 Å². The highest BCUT2D eigenvalue weighted by Crippen LogP contribution is 2.33. The number of hydrogen-bond acceptors (Lipinski definition) is 4. The molecule has 0 unspecified atom stereocenters. The van der Waals surface area contributed by atoms with Crippen LogP contribution >= 0.6 is 0 Å². The van der Waals surface area contributed by atoms with Crippen molar-refractivity contribution in [1.82, 2.24) is 14.3 Å². The van der Waals surface area contributed by atoms with Crippen LogP contribution in [0.3, 0.4) is 0 Å². The maximum atomic E-state index is 12.8. The van der Waals surface area contributed by atoms with Crippen LogP contribution in [0.1, 0.15) is 31.7 Å². The fourth-order valence-electron chi connectivity index (χ4n) is 4.17. The minimum absolute atomic E-state index is 0.0221.